The number of phenols is 1. The number of carbonyl (C=O) groups is 2. The molecule has 0 saturated heterocycles. The predicted molar refractivity (Wildman–Crippen MR) is 87.3 cm³/mol. The molecule has 0 aliphatic heterocycles. The van der Waals surface area contributed by atoms with Gasteiger partial charge in [0.05, 0.1) is 4.88 Å². The number of rotatable bonds is 7. The first kappa shape index (κ1) is 16.2. The Kier molecular flexibility index (Phi) is 5.72. The first-order valence-electron chi connectivity index (χ1n) is 7.18. The van der Waals surface area contributed by atoms with E-state index in [0.29, 0.717) is 11.3 Å². The molecule has 0 saturated carbocycles. The van der Waals surface area contributed by atoms with Gasteiger partial charge in [0, 0.05) is 18.9 Å². The quantitative estimate of drug-likeness (QED) is 0.771. The summed E-state index contributed by atoms with van der Waals surface area (Å²) in [6, 6.07) is 10.5. The monoisotopic (exact) mass is 317 g/mol. The van der Waals surface area contributed by atoms with Crippen molar-refractivity contribution in [2.75, 3.05) is 0 Å². The molecule has 0 spiro atoms. The van der Waals surface area contributed by atoms with Gasteiger partial charge in [-0.15, -0.1) is 11.3 Å². The minimum atomic E-state index is -0.127. The van der Waals surface area contributed by atoms with E-state index in [1.165, 1.54) is 11.3 Å². The van der Waals surface area contributed by atoms with Gasteiger partial charge >= 0.3 is 0 Å². The average molecular weight is 317 g/mol. The topological polar surface area (TPSA) is 66.4 Å². The second-order valence-electron chi connectivity index (χ2n) is 5.24. The second-order valence-corrected chi connectivity index (χ2v) is 6.19. The van der Waals surface area contributed by atoms with Crippen LogP contribution in [0.2, 0.25) is 0 Å². The van der Waals surface area contributed by atoms with Gasteiger partial charge in [0.15, 0.2) is 5.78 Å². The van der Waals surface area contributed by atoms with Crippen molar-refractivity contribution < 1.29 is 14.7 Å². The lowest BCUT2D eigenvalue weighted by Crippen LogP contribution is -2.34. The van der Waals surface area contributed by atoms with Crippen LogP contribution < -0.4 is 5.32 Å². The van der Waals surface area contributed by atoms with Crippen molar-refractivity contribution in [1.82, 2.24) is 5.32 Å². The Morgan fingerprint density at radius 1 is 1.23 bits per heavy atom. The van der Waals surface area contributed by atoms with E-state index in [1.54, 1.807) is 24.3 Å². The normalized spacial score (nSPS) is 11.9. The van der Waals surface area contributed by atoms with E-state index in [9.17, 15) is 14.7 Å². The molecule has 1 amide bonds. The number of hydrogen-bond donors (Lipinski definition) is 2. The van der Waals surface area contributed by atoms with E-state index >= 15 is 0 Å². The van der Waals surface area contributed by atoms with Crippen LogP contribution in [0.15, 0.2) is 41.8 Å². The van der Waals surface area contributed by atoms with Crippen LogP contribution in [0.4, 0.5) is 0 Å². The number of nitrogens with one attached hydrogen (secondary N) is 1. The molecule has 5 heteroatoms. The molecular formula is C17H19NO3S. The summed E-state index contributed by atoms with van der Waals surface area (Å²) in [5.41, 5.74) is 0.961. The molecule has 2 aromatic rings. The van der Waals surface area contributed by atoms with E-state index in [-0.39, 0.29) is 36.3 Å². The standard InChI is InChI=1S/C17H19NO3S/c1-12(10-13-4-2-5-14(19)11-13)18-17(21)8-7-15(20)16-6-3-9-22-16/h2-6,9,11-12,19H,7-8,10H2,1H3,(H,18,21). The van der Waals surface area contributed by atoms with Crippen molar-refractivity contribution in [3.05, 3.63) is 52.2 Å². The van der Waals surface area contributed by atoms with Gasteiger partial charge < -0.3 is 10.4 Å². The van der Waals surface area contributed by atoms with Gasteiger partial charge in [-0.25, -0.2) is 0 Å². The Balaban J connectivity index is 1.75. The maximum absolute atomic E-state index is 11.9. The summed E-state index contributed by atoms with van der Waals surface area (Å²) >= 11 is 1.39. The Labute approximate surface area is 133 Å². The first-order chi connectivity index (χ1) is 10.5. The molecule has 116 valence electrons. The molecule has 0 aliphatic rings. The van der Waals surface area contributed by atoms with Gasteiger partial charge in [0.25, 0.3) is 0 Å². The highest BCUT2D eigenvalue weighted by atomic mass is 32.1. The summed E-state index contributed by atoms with van der Waals surface area (Å²) in [6.45, 7) is 1.91. The minimum absolute atomic E-state index is 0.00536. The van der Waals surface area contributed by atoms with Gasteiger partial charge in [-0.2, -0.15) is 0 Å². The third-order valence-electron chi connectivity index (χ3n) is 3.23. The molecule has 0 aliphatic carbocycles. The van der Waals surface area contributed by atoms with Crippen molar-refractivity contribution >= 4 is 23.0 Å². The number of hydrogen-bond acceptors (Lipinski definition) is 4. The van der Waals surface area contributed by atoms with E-state index in [4.69, 9.17) is 0 Å². The van der Waals surface area contributed by atoms with Crippen molar-refractivity contribution in [1.29, 1.82) is 0 Å². The minimum Gasteiger partial charge on any atom is -0.508 e. The third kappa shape index (κ3) is 5.00. The van der Waals surface area contributed by atoms with E-state index < -0.39 is 0 Å². The fraction of sp³-hybridized carbons (Fsp3) is 0.294. The summed E-state index contributed by atoms with van der Waals surface area (Å²) in [4.78, 5) is 24.4. The van der Waals surface area contributed by atoms with Gasteiger partial charge in [0.1, 0.15) is 5.75 Å². The van der Waals surface area contributed by atoms with Gasteiger partial charge in [0.2, 0.25) is 5.91 Å². The third-order valence-corrected chi connectivity index (χ3v) is 4.15. The smallest absolute Gasteiger partial charge is 0.220 e. The molecule has 1 aromatic carbocycles. The number of ketones is 1. The maximum Gasteiger partial charge on any atom is 0.220 e. The van der Waals surface area contributed by atoms with Gasteiger partial charge in [-0.1, -0.05) is 18.2 Å². The number of phenolic OH excluding ortho intramolecular Hbond substituents is 1. The van der Waals surface area contributed by atoms with Gasteiger partial charge in [-0.3, -0.25) is 9.59 Å². The van der Waals surface area contributed by atoms with Crippen LogP contribution in [-0.4, -0.2) is 22.8 Å². The van der Waals surface area contributed by atoms with Crippen molar-refractivity contribution in [2.45, 2.75) is 32.2 Å². The fourth-order valence-corrected chi connectivity index (χ4v) is 2.92. The summed E-state index contributed by atoms with van der Waals surface area (Å²) in [5.74, 6) is 0.0981. The molecule has 1 heterocycles. The lowest BCUT2D eigenvalue weighted by molar-refractivity contribution is -0.121. The van der Waals surface area contributed by atoms with Crippen LogP contribution in [0.3, 0.4) is 0 Å². The number of Topliss-reactive ketones (excluding diaryl/α,β-unsaturated/α-hetero) is 1. The molecule has 4 nitrogen and oxygen atoms in total. The molecule has 0 fully saturated rings. The number of carbonyl (C=O) groups excluding carboxylic acids is 2. The van der Waals surface area contributed by atoms with Crippen LogP contribution in [-0.2, 0) is 11.2 Å². The molecular weight excluding hydrogens is 298 g/mol. The van der Waals surface area contributed by atoms with E-state index in [2.05, 4.69) is 5.32 Å². The predicted octanol–water partition coefficient (Wildman–Crippen LogP) is 3.16. The van der Waals surface area contributed by atoms with E-state index in [1.807, 2.05) is 24.4 Å². The average Bonchev–Trinajstić information content (AvgIpc) is 2.98. The van der Waals surface area contributed by atoms with E-state index in [0.717, 1.165) is 5.56 Å². The zero-order valence-corrected chi connectivity index (χ0v) is 13.2. The Morgan fingerprint density at radius 3 is 2.73 bits per heavy atom. The molecule has 22 heavy (non-hydrogen) atoms. The van der Waals surface area contributed by atoms with Crippen molar-refractivity contribution in [3.8, 4) is 5.75 Å². The lowest BCUT2D eigenvalue weighted by atomic mass is 10.1. The summed E-state index contributed by atoms with van der Waals surface area (Å²) in [7, 11) is 0. The molecule has 1 unspecified atom stereocenters. The molecule has 2 rings (SSSR count). The highest BCUT2D eigenvalue weighted by Crippen LogP contribution is 2.14. The Hall–Kier alpha value is -2.14. The van der Waals surface area contributed by atoms with Crippen LogP contribution >= 0.6 is 11.3 Å². The molecule has 2 N–H and O–H groups in total. The van der Waals surface area contributed by atoms with Crippen LogP contribution in [0.5, 0.6) is 5.75 Å². The number of aromatic hydroxyl groups is 1. The first-order valence-corrected chi connectivity index (χ1v) is 8.06. The second kappa shape index (κ2) is 7.75. The molecule has 1 atom stereocenters. The Bertz CT molecular complexity index is 637. The molecule has 0 bridgehead atoms. The maximum atomic E-state index is 11.9. The number of benzene rings is 1. The van der Waals surface area contributed by atoms with Crippen LogP contribution in [0, 0.1) is 0 Å². The van der Waals surface area contributed by atoms with Crippen LogP contribution in [0.25, 0.3) is 0 Å². The largest absolute Gasteiger partial charge is 0.508 e. The zero-order chi connectivity index (χ0) is 15.9. The zero-order valence-electron chi connectivity index (χ0n) is 12.4. The summed E-state index contributed by atoms with van der Waals surface area (Å²) < 4.78 is 0. The number of amides is 1. The van der Waals surface area contributed by atoms with Crippen molar-refractivity contribution in [2.24, 2.45) is 0 Å². The van der Waals surface area contributed by atoms with Crippen molar-refractivity contribution in [3.63, 3.8) is 0 Å². The summed E-state index contributed by atoms with van der Waals surface area (Å²) in [6.07, 6.45) is 1.06. The SMILES string of the molecule is CC(Cc1cccc(O)c1)NC(=O)CCC(=O)c1cccs1. The highest BCUT2D eigenvalue weighted by molar-refractivity contribution is 7.12. The van der Waals surface area contributed by atoms with Gasteiger partial charge in [-0.05, 0) is 42.5 Å². The Morgan fingerprint density at radius 2 is 2.05 bits per heavy atom. The molecule has 1 aromatic heterocycles. The fourth-order valence-electron chi connectivity index (χ4n) is 2.22. The highest BCUT2D eigenvalue weighted by Gasteiger charge is 2.12. The number of thiophene rings is 1. The molecule has 0 radical (unpaired) electrons. The summed E-state index contributed by atoms with van der Waals surface area (Å²) in [5, 5.41) is 14.2. The van der Waals surface area contributed by atoms with Crippen LogP contribution in [0.1, 0.15) is 35.0 Å². The lowest BCUT2D eigenvalue weighted by Gasteiger charge is -2.14.